The van der Waals surface area contributed by atoms with Crippen LogP contribution in [0.4, 0.5) is 0 Å². The maximum Gasteiger partial charge on any atom is 0.265 e. The molecule has 1 amide bonds. The van der Waals surface area contributed by atoms with E-state index < -0.39 is 0 Å². The molecule has 122 valence electrons. The van der Waals surface area contributed by atoms with Crippen molar-refractivity contribution in [3.63, 3.8) is 0 Å². The quantitative estimate of drug-likeness (QED) is 0.850. The van der Waals surface area contributed by atoms with Gasteiger partial charge in [-0.3, -0.25) is 4.79 Å². The fraction of sp³-hybridized carbons (Fsp3) is 0.467. The highest BCUT2D eigenvalue weighted by molar-refractivity contribution is 7.11. The molecule has 0 radical (unpaired) electrons. The number of methoxy groups -OCH3 is 1. The smallest absolute Gasteiger partial charge is 0.265 e. The maximum atomic E-state index is 12.6. The van der Waals surface area contributed by atoms with E-state index in [0.717, 1.165) is 25.1 Å². The van der Waals surface area contributed by atoms with Gasteiger partial charge in [0.05, 0.1) is 24.9 Å². The number of aromatic nitrogens is 3. The van der Waals surface area contributed by atoms with Gasteiger partial charge in [0, 0.05) is 18.7 Å². The van der Waals surface area contributed by atoms with Crippen molar-refractivity contribution in [2.45, 2.75) is 25.9 Å². The monoisotopic (exact) mass is 334 g/mol. The first kappa shape index (κ1) is 15.7. The standard InChI is InChI=1S/C15H18N4O3S/c1-10-14(23-9-16-10)15(20)19-7-3-4-11(8-19)22-13-6-5-12(21-2)17-18-13/h5-6,9,11H,3-4,7-8H2,1-2H3. The number of rotatable bonds is 4. The number of ether oxygens (including phenoxy) is 2. The molecule has 1 aliphatic rings. The van der Waals surface area contributed by atoms with Crippen LogP contribution in [0.25, 0.3) is 0 Å². The fourth-order valence-electron chi connectivity index (χ4n) is 2.52. The summed E-state index contributed by atoms with van der Waals surface area (Å²) in [4.78, 5) is 19.2. The van der Waals surface area contributed by atoms with Gasteiger partial charge in [-0.25, -0.2) is 4.98 Å². The van der Waals surface area contributed by atoms with Crippen LogP contribution in [0.2, 0.25) is 0 Å². The molecule has 0 N–H and O–H groups in total. The maximum absolute atomic E-state index is 12.6. The lowest BCUT2D eigenvalue weighted by molar-refractivity contribution is 0.0528. The van der Waals surface area contributed by atoms with Crippen LogP contribution < -0.4 is 9.47 Å². The molecule has 7 nitrogen and oxygen atoms in total. The zero-order chi connectivity index (χ0) is 16.2. The van der Waals surface area contributed by atoms with Gasteiger partial charge in [0.1, 0.15) is 11.0 Å². The van der Waals surface area contributed by atoms with Crippen molar-refractivity contribution in [3.8, 4) is 11.8 Å². The molecule has 0 aromatic carbocycles. The number of carbonyl (C=O) groups is 1. The van der Waals surface area contributed by atoms with Crippen molar-refractivity contribution in [1.29, 1.82) is 0 Å². The van der Waals surface area contributed by atoms with Crippen LogP contribution in [0.1, 0.15) is 28.2 Å². The van der Waals surface area contributed by atoms with Gasteiger partial charge < -0.3 is 14.4 Å². The Labute approximate surface area is 138 Å². The zero-order valence-electron chi connectivity index (χ0n) is 13.1. The number of piperidine rings is 1. The second-order valence-electron chi connectivity index (χ2n) is 5.31. The van der Waals surface area contributed by atoms with Gasteiger partial charge in [0.15, 0.2) is 0 Å². The molecule has 0 aliphatic carbocycles. The lowest BCUT2D eigenvalue weighted by Gasteiger charge is -2.32. The summed E-state index contributed by atoms with van der Waals surface area (Å²) in [7, 11) is 1.54. The lowest BCUT2D eigenvalue weighted by Crippen LogP contribution is -2.44. The largest absolute Gasteiger partial charge is 0.480 e. The number of carbonyl (C=O) groups excluding carboxylic acids is 1. The van der Waals surface area contributed by atoms with Gasteiger partial charge in [0.25, 0.3) is 5.91 Å². The third-order valence-electron chi connectivity index (χ3n) is 3.72. The normalized spacial score (nSPS) is 17.8. The minimum atomic E-state index is -0.0800. The Kier molecular flexibility index (Phi) is 4.71. The van der Waals surface area contributed by atoms with Gasteiger partial charge in [-0.05, 0) is 19.8 Å². The predicted molar refractivity (Wildman–Crippen MR) is 85.0 cm³/mol. The predicted octanol–water partition coefficient (Wildman–Crippen LogP) is 1.93. The van der Waals surface area contributed by atoms with Gasteiger partial charge >= 0.3 is 0 Å². The molecule has 1 saturated heterocycles. The summed E-state index contributed by atoms with van der Waals surface area (Å²) in [6.45, 7) is 3.14. The molecule has 2 aromatic rings. The van der Waals surface area contributed by atoms with Crippen LogP contribution in [0.5, 0.6) is 11.8 Å². The Balaban J connectivity index is 1.63. The van der Waals surface area contributed by atoms with E-state index in [2.05, 4.69) is 15.2 Å². The van der Waals surface area contributed by atoms with E-state index in [-0.39, 0.29) is 12.0 Å². The summed E-state index contributed by atoms with van der Waals surface area (Å²) in [5.41, 5.74) is 2.48. The van der Waals surface area contributed by atoms with Gasteiger partial charge in [0.2, 0.25) is 11.8 Å². The Morgan fingerprint density at radius 3 is 2.78 bits per heavy atom. The first-order valence-electron chi connectivity index (χ1n) is 7.41. The Morgan fingerprint density at radius 1 is 1.35 bits per heavy atom. The number of nitrogens with zero attached hydrogens (tertiary/aromatic N) is 4. The molecule has 0 bridgehead atoms. The highest BCUT2D eigenvalue weighted by atomic mass is 32.1. The number of hydrogen-bond acceptors (Lipinski definition) is 7. The fourth-order valence-corrected chi connectivity index (χ4v) is 3.29. The van der Waals surface area contributed by atoms with Crippen molar-refractivity contribution in [2.75, 3.05) is 20.2 Å². The van der Waals surface area contributed by atoms with E-state index in [4.69, 9.17) is 9.47 Å². The van der Waals surface area contributed by atoms with Gasteiger partial charge in [-0.1, -0.05) is 0 Å². The van der Waals surface area contributed by atoms with Crippen LogP contribution in [-0.2, 0) is 0 Å². The minimum absolute atomic E-state index is 0.0270. The van der Waals surface area contributed by atoms with E-state index >= 15 is 0 Å². The van der Waals surface area contributed by atoms with E-state index in [0.29, 0.717) is 23.2 Å². The van der Waals surface area contributed by atoms with E-state index in [1.165, 1.54) is 18.4 Å². The molecule has 0 saturated carbocycles. The second-order valence-corrected chi connectivity index (χ2v) is 6.17. The molecule has 8 heteroatoms. The summed E-state index contributed by atoms with van der Waals surface area (Å²) in [5.74, 6) is 0.914. The first-order valence-corrected chi connectivity index (χ1v) is 8.29. The number of thiazole rings is 1. The minimum Gasteiger partial charge on any atom is -0.480 e. The van der Waals surface area contributed by atoms with E-state index in [1.54, 1.807) is 17.6 Å². The Hall–Kier alpha value is -2.22. The first-order chi connectivity index (χ1) is 11.2. The molecule has 1 unspecified atom stereocenters. The zero-order valence-corrected chi connectivity index (χ0v) is 13.9. The molecule has 23 heavy (non-hydrogen) atoms. The van der Waals surface area contributed by atoms with Crippen molar-refractivity contribution in [1.82, 2.24) is 20.1 Å². The molecule has 2 aromatic heterocycles. The number of likely N-dealkylation sites (tertiary alicyclic amines) is 1. The molecule has 3 rings (SSSR count). The molecule has 0 spiro atoms. The van der Waals surface area contributed by atoms with Crippen LogP contribution in [0, 0.1) is 6.92 Å². The Bertz CT molecular complexity index is 674. The van der Waals surface area contributed by atoms with E-state index in [9.17, 15) is 4.79 Å². The molecule has 1 aliphatic heterocycles. The molecule has 1 atom stereocenters. The van der Waals surface area contributed by atoms with Crippen molar-refractivity contribution in [3.05, 3.63) is 28.2 Å². The van der Waals surface area contributed by atoms with Crippen LogP contribution >= 0.6 is 11.3 Å². The van der Waals surface area contributed by atoms with E-state index in [1.807, 2.05) is 11.8 Å². The van der Waals surface area contributed by atoms with Crippen LogP contribution in [-0.4, -0.2) is 52.3 Å². The Morgan fingerprint density at radius 2 is 2.13 bits per heavy atom. The third-order valence-corrected chi connectivity index (χ3v) is 4.63. The lowest BCUT2D eigenvalue weighted by atomic mass is 10.1. The van der Waals surface area contributed by atoms with Crippen molar-refractivity contribution < 1.29 is 14.3 Å². The van der Waals surface area contributed by atoms with Gasteiger partial charge in [-0.2, -0.15) is 0 Å². The summed E-state index contributed by atoms with van der Waals surface area (Å²) in [6, 6.07) is 3.43. The van der Waals surface area contributed by atoms with Gasteiger partial charge in [-0.15, -0.1) is 21.5 Å². The molecular formula is C15H18N4O3S. The number of hydrogen-bond donors (Lipinski definition) is 0. The highest BCUT2D eigenvalue weighted by Crippen LogP contribution is 2.21. The second kappa shape index (κ2) is 6.91. The summed E-state index contributed by atoms with van der Waals surface area (Å²) >= 11 is 1.38. The number of aryl methyl sites for hydroxylation is 1. The van der Waals surface area contributed by atoms with Crippen LogP contribution in [0.3, 0.4) is 0 Å². The third kappa shape index (κ3) is 3.58. The summed E-state index contributed by atoms with van der Waals surface area (Å²) in [6.07, 6.45) is 1.71. The molecule has 1 fully saturated rings. The average Bonchev–Trinajstić information content (AvgIpc) is 3.01. The van der Waals surface area contributed by atoms with Crippen molar-refractivity contribution in [2.24, 2.45) is 0 Å². The highest BCUT2D eigenvalue weighted by Gasteiger charge is 2.27. The van der Waals surface area contributed by atoms with Crippen LogP contribution in [0.15, 0.2) is 17.6 Å². The summed E-state index contributed by atoms with van der Waals surface area (Å²) in [5, 5.41) is 7.85. The summed E-state index contributed by atoms with van der Waals surface area (Å²) < 4.78 is 10.8. The number of amides is 1. The molecule has 3 heterocycles. The average molecular weight is 334 g/mol. The topological polar surface area (TPSA) is 77.4 Å². The molecular weight excluding hydrogens is 316 g/mol. The van der Waals surface area contributed by atoms with Crippen molar-refractivity contribution >= 4 is 17.2 Å². The SMILES string of the molecule is COc1ccc(OC2CCCN(C(=O)c3scnc3C)C2)nn1.